The normalized spacial score (nSPS) is 11.2. The predicted octanol–water partition coefficient (Wildman–Crippen LogP) is -0.465. The zero-order chi connectivity index (χ0) is 9.78. The van der Waals surface area contributed by atoms with Gasteiger partial charge in [0.1, 0.15) is 6.42 Å². The van der Waals surface area contributed by atoms with Crippen molar-refractivity contribution >= 4 is 11.9 Å². The fourth-order valence-electron chi connectivity index (χ4n) is 0.677. The first-order valence-electron chi connectivity index (χ1n) is 3.04. The predicted molar refractivity (Wildman–Crippen MR) is 36.6 cm³/mol. The maximum atomic E-state index is 10.5. The Morgan fingerprint density at radius 3 is 1.75 bits per heavy atom. The molecule has 0 rings (SSSR count). The van der Waals surface area contributed by atoms with E-state index in [2.05, 4.69) is 9.47 Å². The number of carboxylic acid groups (broad SMARTS) is 2. The van der Waals surface area contributed by atoms with Gasteiger partial charge in [-0.15, -0.1) is 0 Å². The molecule has 0 aliphatic carbocycles. The summed E-state index contributed by atoms with van der Waals surface area (Å²) in [5, 5.41) is 16.9. The van der Waals surface area contributed by atoms with Crippen molar-refractivity contribution in [2.24, 2.45) is 0 Å². The molecule has 0 aromatic heterocycles. The Balaban J connectivity index is 4.58. The molecule has 2 N–H and O–H groups in total. The minimum absolute atomic E-state index is 0.741. The topological polar surface area (TPSA) is 93.1 Å². The van der Waals surface area contributed by atoms with Crippen LogP contribution in [0.1, 0.15) is 6.42 Å². The Hall–Kier alpha value is -1.14. The maximum absolute atomic E-state index is 10.5. The van der Waals surface area contributed by atoms with Crippen molar-refractivity contribution in [2.45, 2.75) is 12.2 Å². The molecule has 70 valence electrons. The van der Waals surface area contributed by atoms with Crippen molar-refractivity contribution in [3.8, 4) is 0 Å². The van der Waals surface area contributed by atoms with Crippen LogP contribution in [0.4, 0.5) is 0 Å². The van der Waals surface area contributed by atoms with E-state index in [0.717, 1.165) is 14.2 Å². The van der Waals surface area contributed by atoms with Crippen molar-refractivity contribution in [3.63, 3.8) is 0 Å². The van der Waals surface area contributed by atoms with Crippen LogP contribution in [-0.2, 0) is 19.1 Å². The summed E-state index contributed by atoms with van der Waals surface area (Å²) >= 11 is 0. The maximum Gasteiger partial charge on any atom is 0.365 e. The molecule has 6 heteroatoms. The van der Waals surface area contributed by atoms with Crippen molar-refractivity contribution in [1.29, 1.82) is 0 Å². The van der Waals surface area contributed by atoms with Crippen molar-refractivity contribution in [2.75, 3.05) is 14.2 Å². The third-order valence-electron chi connectivity index (χ3n) is 1.37. The number of hydrogen-bond donors (Lipinski definition) is 2. The Labute approximate surface area is 68.7 Å². The first-order chi connectivity index (χ1) is 5.48. The number of aliphatic carboxylic acids is 2. The summed E-state index contributed by atoms with van der Waals surface area (Å²) in [5.74, 6) is -4.85. The molecule has 0 fully saturated rings. The zero-order valence-corrected chi connectivity index (χ0v) is 6.73. The van der Waals surface area contributed by atoms with Gasteiger partial charge in [0.15, 0.2) is 0 Å². The Morgan fingerprint density at radius 2 is 1.67 bits per heavy atom. The molecule has 0 aliphatic rings. The van der Waals surface area contributed by atoms with Crippen LogP contribution in [0.2, 0.25) is 0 Å². The van der Waals surface area contributed by atoms with Crippen LogP contribution in [0.25, 0.3) is 0 Å². The molecule has 0 spiro atoms. The van der Waals surface area contributed by atoms with Gasteiger partial charge >= 0.3 is 11.9 Å². The van der Waals surface area contributed by atoms with E-state index in [4.69, 9.17) is 10.2 Å². The van der Waals surface area contributed by atoms with E-state index < -0.39 is 24.1 Å². The monoisotopic (exact) mass is 178 g/mol. The Bertz CT molecular complexity index is 182. The van der Waals surface area contributed by atoms with Crippen LogP contribution in [0.15, 0.2) is 0 Å². The van der Waals surface area contributed by atoms with Crippen LogP contribution in [0.5, 0.6) is 0 Å². The lowest BCUT2D eigenvalue weighted by Gasteiger charge is -2.23. The Morgan fingerprint density at radius 1 is 1.25 bits per heavy atom. The van der Waals surface area contributed by atoms with Crippen LogP contribution < -0.4 is 0 Å². The molecular formula is C6H10O6. The van der Waals surface area contributed by atoms with Gasteiger partial charge in [-0.2, -0.15) is 0 Å². The highest BCUT2D eigenvalue weighted by atomic mass is 16.7. The lowest BCUT2D eigenvalue weighted by atomic mass is 10.2. The molecule has 0 amide bonds. The van der Waals surface area contributed by atoms with Crippen LogP contribution in [0, 0.1) is 0 Å². The number of ether oxygens (including phenoxy) is 2. The van der Waals surface area contributed by atoms with Crippen LogP contribution >= 0.6 is 0 Å². The van der Waals surface area contributed by atoms with Crippen molar-refractivity contribution < 1.29 is 29.3 Å². The van der Waals surface area contributed by atoms with Crippen molar-refractivity contribution in [1.82, 2.24) is 0 Å². The minimum atomic E-state index is -2.08. The highest BCUT2D eigenvalue weighted by molar-refractivity contribution is 5.82. The van der Waals surface area contributed by atoms with E-state index in [0.29, 0.717) is 0 Å². The second kappa shape index (κ2) is 4.03. The van der Waals surface area contributed by atoms with E-state index in [1.54, 1.807) is 0 Å². The van der Waals surface area contributed by atoms with Gasteiger partial charge in [0.25, 0.3) is 5.79 Å². The average Bonchev–Trinajstić information content (AvgIpc) is 1.99. The third-order valence-corrected chi connectivity index (χ3v) is 1.37. The highest BCUT2D eigenvalue weighted by Crippen LogP contribution is 2.16. The van der Waals surface area contributed by atoms with E-state index >= 15 is 0 Å². The van der Waals surface area contributed by atoms with Gasteiger partial charge < -0.3 is 19.7 Å². The molecule has 0 heterocycles. The van der Waals surface area contributed by atoms with E-state index in [9.17, 15) is 9.59 Å². The molecule has 0 aromatic rings. The van der Waals surface area contributed by atoms with Gasteiger partial charge in [0.05, 0.1) is 0 Å². The number of methoxy groups -OCH3 is 2. The highest BCUT2D eigenvalue weighted by Gasteiger charge is 2.41. The molecule has 6 nitrogen and oxygen atoms in total. The first-order valence-corrected chi connectivity index (χ1v) is 3.04. The zero-order valence-electron chi connectivity index (χ0n) is 6.73. The van der Waals surface area contributed by atoms with E-state index in [1.807, 2.05) is 0 Å². The largest absolute Gasteiger partial charge is 0.481 e. The average molecular weight is 178 g/mol. The minimum Gasteiger partial charge on any atom is -0.481 e. The summed E-state index contributed by atoms with van der Waals surface area (Å²) in [4.78, 5) is 20.7. The summed E-state index contributed by atoms with van der Waals surface area (Å²) in [7, 11) is 2.14. The van der Waals surface area contributed by atoms with E-state index in [-0.39, 0.29) is 0 Å². The quantitative estimate of drug-likeness (QED) is 0.553. The van der Waals surface area contributed by atoms with Crippen LogP contribution in [-0.4, -0.2) is 42.2 Å². The molecule has 0 bridgehead atoms. The molecular weight excluding hydrogens is 168 g/mol. The Kier molecular flexibility index (Phi) is 3.65. The lowest BCUT2D eigenvalue weighted by molar-refractivity contribution is -0.229. The molecule has 0 aliphatic heterocycles. The molecule has 0 aromatic carbocycles. The van der Waals surface area contributed by atoms with Gasteiger partial charge in [0.2, 0.25) is 0 Å². The first kappa shape index (κ1) is 10.9. The number of carboxylic acids is 2. The van der Waals surface area contributed by atoms with Gasteiger partial charge in [-0.1, -0.05) is 0 Å². The van der Waals surface area contributed by atoms with Gasteiger partial charge in [-0.25, -0.2) is 4.79 Å². The molecule has 0 unspecified atom stereocenters. The second-order valence-electron chi connectivity index (χ2n) is 2.04. The number of carbonyl (C=O) groups is 2. The standard InChI is InChI=1S/C6H10O6/c1-11-6(12-2,5(9)10)3-4(7)8/h3H2,1-2H3,(H,7,8)(H,9,10). The molecule has 0 saturated heterocycles. The number of rotatable bonds is 5. The molecule has 0 atom stereocenters. The molecule has 12 heavy (non-hydrogen) atoms. The van der Waals surface area contributed by atoms with Gasteiger partial charge in [-0.3, -0.25) is 4.79 Å². The molecule has 0 saturated carbocycles. The third kappa shape index (κ3) is 2.18. The SMILES string of the molecule is COC(CC(=O)O)(OC)C(=O)O. The van der Waals surface area contributed by atoms with E-state index in [1.165, 1.54) is 0 Å². The summed E-state index contributed by atoms with van der Waals surface area (Å²) < 4.78 is 8.91. The number of hydrogen-bond acceptors (Lipinski definition) is 4. The summed E-state index contributed by atoms with van der Waals surface area (Å²) in [5.41, 5.74) is 0. The molecule has 0 radical (unpaired) electrons. The lowest BCUT2D eigenvalue weighted by Crippen LogP contribution is -2.44. The van der Waals surface area contributed by atoms with Gasteiger partial charge in [-0.05, 0) is 0 Å². The fourth-order valence-corrected chi connectivity index (χ4v) is 0.677. The van der Waals surface area contributed by atoms with Gasteiger partial charge in [0, 0.05) is 14.2 Å². The summed E-state index contributed by atoms with van der Waals surface area (Å²) in [6, 6.07) is 0. The summed E-state index contributed by atoms with van der Waals surface area (Å²) in [6.45, 7) is 0. The van der Waals surface area contributed by atoms with Crippen LogP contribution in [0.3, 0.4) is 0 Å². The fraction of sp³-hybridized carbons (Fsp3) is 0.667. The smallest absolute Gasteiger partial charge is 0.365 e. The van der Waals surface area contributed by atoms with Crippen molar-refractivity contribution in [3.05, 3.63) is 0 Å². The second-order valence-corrected chi connectivity index (χ2v) is 2.04. The summed E-state index contributed by atoms with van der Waals surface area (Å²) in [6.07, 6.45) is -0.741.